The summed E-state index contributed by atoms with van der Waals surface area (Å²) in [4.78, 5) is 37.2. The van der Waals surface area contributed by atoms with Crippen LogP contribution in [0.15, 0.2) is 66.7 Å². The molecule has 0 radical (unpaired) electrons. The Morgan fingerprint density at radius 2 is 1.86 bits per heavy atom. The molecule has 0 aromatic heterocycles. The maximum atomic E-state index is 12.8. The minimum Gasteiger partial charge on any atom is -0.489 e. The van der Waals surface area contributed by atoms with Crippen molar-refractivity contribution in [2.45, 2.75) is 57.7 Å². The largest absolute Gasteiger partial charge is 0.489 e. The number of carbonyl (C=O) groups is 3. The standard InChI is InChI=1S/C29H36N2O6/c1-21-19-37-28(34)11-7-3-6-10-24(29(35)30-21)17-27(33)31-25(18-32)16-22-12-14-26(15-13-22)36-20-23-8-4-2-5-9-23/h2-6,8-9,12-15,21,24-25,32H,7,10-11,16-20H2,1H3,(H,30,35)(H,31,33)/t21-,24+,25-/m0/s1. The maximum absolute atomic E-state index is 12.8. The Bertz CT molecular complexity index is 1040. The molecule has 2 aromatic carbocycles. The van der Waals surface area contributed by atoms with E-state index in [2.05, 4.69) is 10.6 Å². The van der Waals surface area contributed by atoms with Gasteiger partial charge in [0.25, 0.3) is 0 Å². The number of rotatable bonds is 9. The molecule has 0 bridgehead atoms. The van der Waals surface area contributed by atoms with E-state index in [0.29, 0.717) is 25.9 Å². The van der Waals surface area contributed by atoms with Crippen LogP contribution in [0.25, 0.3) is 0 Å². The number of hydrogen-bond donors (Lipinski definition) is 3. The molecule has 2 amide bonds. The average Bonchev–Trinajstić information content (AvgIpc) is 2.90. The second-order valence-electron chi connectivity index (χ2n) is 9.31. The van der Waals surface area contributed by atoms with E-state index in [-0.39, 0.29) is 49.9 Å². The highest BCUT2D eigenvalue weighted by Gasteiger charge is 2.24. The van der Waals surface area contributed by atoms with E-state index in [0.717, 1.165) is 16.9 Å². The topological polar surface area (TPSA) is 114 Å². The third-order valence-electron chi connectivity index (χ3n) is 6.03. The molecular weight excluding hydrogens is 472 g/mol. The number of amides is 2. The average molecular weight is 509 g/mol. The first-order valence-electron chi connectivity index (χ1n) is 12.7. The molecule has 3 atom stereocenters. The van der Waals surface area contributed by atoms with E-state index in [9.17, 15) is 19.5 Å². The van der Waals surface area contributed by atoms with Gasteiger partial charge in [-0.25, -0.2) is 0 Å². The molecule has 0 saturated heterocycles. The monoisotopic (exact) mass is 508 g/mol. The zero-order chi connectivity index (χ0) is 26.5. The lowest BCUT2D eigenvalue weighted by Crippen LogP contribution is -2.44. The number of benzene rings is 2. The highest BCUT2D eigenvalue weighted by molar-refractivity contribution is 5.86. The lowest BCUT2D eigenvalue weighted by atomic mass is 9.98. The van der Waals surface area contributed by atoms with Gasteiger partial charge in [0, 0.05) is 12.8 Å². The predicted octanol–water partition coefficient (Wildman–Crippen LogP) is 3.08. The molecule has 3 N–H and O–H groups in total. The molecule has 0 aliphatic carbocycles. The lowest BCUT2D eigenvalue weighted by Gasteiger charge is -2.21. The number of hydrogen-bond acceptors (Lipinski definition) is 6. The first-order chi connectivity index (χ1) is 17.9. The van der Waals surface area contributed by atoms with Crippen molar-refractivity contribution in [3.05, 3.63) is 77.9 Å². The summed E-state index contributed by atoms with van der Waals surface area (Å²) in [6, 6.07) is 16.6. The van der Waals surface area contributed by atoms with Gasteiger partial charge in [0.2, 0.25) is 11.8 Å². The fourth-order valence-corrected chi connectivity index (χ4v) is 3.97. The van der Waals surface area contributed by atoms with Gasteiger partial charge in [-0.3, -0.25) is 14.4 Å². The number of ether oxygens (including phenoxy) is 2. The van der Waals surface area contributed by atoms with E-state index >= 15 is 0 Å². The fourth-order valence-electron chi connectivity index (χ4n) is 3.97. The smallest absolute Gasteiger partial charge is 0.306 e. The van der Waals surface area contributed by atoms with Crippen LogP contribution in [0.5, 0.6) is 5.75 Å². The Balaban J connectivity index is 1.51. The molecule has 37 heavy (non-hydrogen) atoms. The predicted molar refractivity (Wildman–Crippen MR) is 140 cm³/mol. The Kier molecular flexibility index (Phi) is 11.2. The van der Waals surface area contributed by atoms with Gasteiger partial charge in [-0.2, -0.15) is 0 Å². The third kappa shape index (κ3) is 10.1. The number of aliphatic hydroxyl groups is 1. The zero-order valence-corrected chi connectivity index (χ0v) is 21.2. The second-order valence-corrected chi connectivity index (χ2v) is 9.31. The Hall–Kier alpha value is -3.65. The van der Waals surface area contributed by atoms with Crippen LogP contribution in [0.3, 0.4) is 0 Å². The van der Waals surface area contributed by atoms with E-state index < -0.39 is 12.0 Å². The molecule has 0 spiro atoms. The highest BCUT2D eigenvalue weighted by atomic mass is 16.5. The molecule has 0 fully saturated rings. The summed E-state index contributed by atoms with van der Waals surface area (Å²) in [6.45, 7) is 2.10. The van der Waals surface area contributed by atoms with E-state index in [1.807, 2.05) is 66.7 Å². The van der Waals surface area contributed by atoms with Crippen molar-refractivity contribution >= 4 is 17.8 Å². The molecule has 0 saturated carbocycles. The number of aliphatic hydroxyl groups excluding tert-OH is 1. The Morgan fingerprint density at radius 1 is 1.11 bits per heavy atom. The first-order valence-corrected chi connectivity index (χ1v) is 12.7. The van der Waals surface area contributed by atoms with Crippen LogP contribution < -0.4 is 15.4 Å². The molecule has 1 aliphatic heterocycles. The maximum Gasteiger partial charge on any atom is 0.306 e. The van der Waals surface area contributed by atoms with Crippen LogP contribution in [0.2, 0.25) is 0 Å². The molecule has 1 aliphatic rings. The molecule has 8 heteroatoms. The molecule has 0 unspecified atom stereocenters. The van der Waals surface area contributed by atoms with Crippen molar-refractivity contribution < 1.29 is 29.0 Å². The van der Waals surface area contributed by atoms with Crippen molar-refractivity contribution in [3.8, 4) is 5.75 Å². The summed E-state index contributed by atoms with van der Waals surface area (Å²) >= 11 is 0. The minimum absolute atomic E-state index is 0.00849. The molecule has 8 nitrogen and oxygen atoms in total. The van der Waals surface area contributed by atoms with Crippen molar-refractivity contribution in [1.82, 2.24) is 10.6 Å². The minimum atomic E-state index is -0.561. The molecule has 2 aromatic rings. The van der Waals surface area contributed by atoms with Crippen molar-refractivity contribution in [1.29, 1.82) is 0 Å². The van der Waals surface area contributed by atoms with E-state index in [1.165, 1.54) is 0 Å². The van der Waals surface area contributed by atoms with Crippen LogP contribution in [0.4, 0.5) is 0 Å². The second kappa shape index (κ2) is 14.8. The van der Waals surface area contributed by atoms with Crippen LogP contribution in [0, 0.1) is 5.92 Å². The van der Waals surface area contributed by atoms with Gasteiger partial charge in [0.05, 0.1) is 24.6 Å². The van der Waals surface area contributed by atoms with Crippen molar-refractivity contribution in [3.63, 3.8) is 0 Å². The highest BCUT2D eigenvalue weighted by Crippen LogP contribution is 2.16. The van der Waals surface area contributed by atoms with Gasteiger partial charge in [-0.05, 0) is 49.4 Å². The van der Waals surface area contributed by atoms with E-state index in [1.54, 1.807) is 6.92 Å². The number of carbonyl (C=O) groups excluding carboxylic acids is 3. The van der Waals surface area contributed by atoms with Crippen LogP contribution >= 0.6 is 0 Å². The molecule has 1 heterocycles. The molecule has 198 valence electrons. The Morgan fingerprint density at radius 3 is 2.59 bits per heavy atom. The molecular formula is C29H36N2O6. The van der Waals surface area contributed by atoms with Gasteiger partial charge < -0.3 is 25.2 Å². The summed E-state index contributed by atoms with van der Waals surface area (Å²) in [6.07, 6.45) is 5.27. The van der Waals surface area contributed by atoms with Crippen molar-refractivity contribution in [2.75, 3.05) is 13.2 Å². The lowest BCUT2D eigenvalue weighted by molar-refractivity contribution is -0.145. The van der Waals surface area contributed by atoms with Crippen molar-refractivity contribution in [2.24, 2.45) is 5.92 Å². The van der Waals surface area contributed by atoms with Gasteiger partial charge in [-0.15, -0.1) is 0 Å². The zero-order valence-electron chi connectivity index (χ0n) is 21.2. The van der Waals surface area contributed by atoms with Gasteiger partial charge in [0.1, 0.15) is 19.0 Å². The number of nitrogens with one attached hydrogen (secondary N) is 2. The van der Waals surface area contributed by atoms with Crippen LogP contribution in [-0.4, -0.2) is 48.2 Å². The first kappa shape index (κ1) is 27.9. The molecule has 3 rings (SSSR count). The number of allylic oxidation sites excluding steroid dienone is 2. The summed E-state index contributed by atoms with van der Waals surface area (Å²) < 4.78 is 11.0. The SMILES string of the molecule is C[C@H]1COC(=O)CCC=CC[C@H](CC(=O)N[C@H](CO)Cc2ccc(OCc3ccccc3)cc2)C(=O)N1. The van der Waals surface area contributed by atoms with Crippen LogP contribution in [0.1, 0.15) is 43.7 Å². The van der Waals surface area contributed by atoms with E-state index in [4.69, 9.17) is 9.47 Å². The Labute approximate surface area is 218 Å². The quantitative estimate of drug-likeness (QED) is 0.354. The fraction of sp³-hybridized carbons (Fsp3) is 0.414. The normalized spacial score (nSPS) is 19.5. The number of cyclic esters (lactones) is 1. The van der Waals surface area contributed by atoms with Gasteiger partial charge in [0.15, 0.2) is 0 Å². The van der Waals surface area contributed by atoms with Crippen LogP contribution in [-0.2, 0) is 32.1 Å². The van der Waals surface area contributed by atoms with Gasteiger partial charge in [-0.1, -0.05) is 54.6 Å². The third-order valence-corrected chi connectivity index (χ3v) is 6.03. The van der Waals surface area contributed by atoms with Gasteiger partial charge >= 0.3 is 5.97 Å². The summed E-state index contributed by atoms with van der Waals surface area (Å²) in [5.41, 5.74) is 2.03. The summed E-state index contributed by atoms with van der Waals surface area (Å²) in [5.74, 6) is -0.694. The summed E-state index contributed by atoms with van der Waals surface area (Å²) in [7, 11) is 0. The number of esters is 1. The summed E-state index contributed by atoms with van der Waals surface area (Å²) in [5, 5.41) is 15.5.